The van der Waals surface area contributed by atoms with Crippen LogP contribution in [0, 0.1) is 31.1 Å². The molecule has 2 aromatic carbocycles. The summed E-state index contributed by atoms with van der Waals surface area (Å²) in [7, 11) is 0. The Morgan fingerprint density at radius 3 is 2.34 bits per heavy atom. The monoisotopic (exact) mass is 471 g/mol. The van der Waals surface area contributed by atoms with Crippen LogP contribution in [-0.4, -0.2) is 48.7 Å². The van der Waals surface area contributed by atoms with Gasteiger partial charge in [-0.25, -0.2) is 9.97 Å². The van der Waals surface area contributed by atoms with Crippen LogP contribution in [0.3, 0.4) is 0 Å². The number of para-hydroxylation sites is 2. The Hall–Kier alpha value is -3.66. The van der Waals surface area contributed by atoms with Gasteiger partial charge in [-0.1, -0.05) is 44.5 Å². The standard InChI is InChI=1S/C28H33N5O2/c1-5-19(2)18-35-28(34)22(17-29)26-27(31-24-11-7-6-10-23(24)30-26)33-15-13-32(14-16-33)25-12-8-9-20(3)21(25)4/h6-12,19,22H,5,13-16,18H2,1-4H3. The number of aromatic nitrogens is 2. The normalized spacial score (nSPS) is 15.5. The van der Waals surface area contributed by atoms with E-state index in [-0.39, 0.29) is 5.92 Å². The molecule has 0 bridgehead atoms. The first-order valence-electron chi connectivity index (χ1n) is 12.3. The predicted molar refractivity (Wildman–Crippen MR) is 139 cm³/mol. The number of nitriles is 1. The van der Waals surface area contributed by atoms with Crippen molar-refractivity contribution < 1.29 is 9.53 Å². The number of nitrogens with zero attached hydrogens (tertiary/aromatic N) is 5. The van der Waals surface area contributed by atoms with Gasteiger partial charge in [-0.05, 0) is 49.1 Å². The zero-order chi connectivity index (χ0) is 24.9. The van der Waals surface area contributed by atoms with Crippen LogP contribution < -0.4 is 9.80 Å². The molecule has 1 aliphatic heterocycles. The SMILES string of the molecule is CCC(C)COC(=O)C(C#N)c1nc2ccccc2nc1N1CCN(c2cccc(C)c2C)CC1. The number of piperazine rings is 1. The number of aryl methyl sites for hydroxylation is 1. The van der Waals surface area contributed by atoms with Crippen molar-refractivity contribution in [2.75, 3.05) is 42.6 Å². The summed E-state index contributed by atoms with van der Waals surface area (Å²) < 4.78 is 5.50. The van der Waals surface area contributed by atoms with Crippen molar-refractivity contribution in [2.45, 2.75) is 40.0 Å². The number of benzene rings is 2. The summed E-state index contributed by atoms with van der Waals surface area (Å²) in [6.45, 7) is 11.7. The third-order valence-electron chi connectivity index (χ3n) is 6.92. The van der Waals surface area contributed by atoms with Crippen LogP contribution in [0.5, 0.6) is 0 Å². The van der Waals surface area contributed by atoms with Gasteiger partial charge in [0.15, 0.2) is 11.7 Å². The molecule has 0 aliphatic carbocycles. The molecular weight excluding hydrogens is 438 g/mol. The lowest BCUT2D eigenvalue weighted by Gasteiger charge is -2.38. The average molecular weight is 472 g/mol. The van der Waals surface area contributed by atoms with Gasteiger partial charge in [0, 0.05) is 31.9 Å². The van der Waals surface area contributed by atoms with Gasteiger partial charge in [0.05, 0.1) is 23.7 Å². The third-order valence-corrected chi connectivity index (χ3v) is 6.92. The lowest BCUT2D eigenvalue weighted by Crippen LogP contribution is -2.47. The Kier molecular flexibility index (Phi) is 7.50. The first-order valence-corrected chi connectivity index (χ1v) is 12.3. The van der Waals surface area contributed by atoms with Crippen molar-refractivity contribution in [1.29, 1.82) is 5.26 Å². The first-order chi connectivity index (χ1) is 16.9. The number of carbonyl (C=O) groups excluding carboxylic acids is 1. The lowest BCUT2D eigenvalue weighted by atomic mass is 10.0. The number of anilines is 2. The van der Waals surface area contributed by atoms with Gasteiger partial charge in [-0.15, -0.1) is 0 Å². The fraction of sp³-hybridized carbons (Fsp3) is 0.429. The highest BCUT2D eigenvalue weighted by Gasteiger charge is 2.31. The second-order valence-corrected chi connectivity index (χ2v) is 9.32. The lowest BCUT2D eigenvalue weighted by molar-refractivity contribution is -0.145. The Labute approximate surface area is 207 Å². The molecule has 4 rings (SSSR count). The van der Waals surface area contributed by atoms with Crippen LogP contribution in [0.25, 0.3) is 11.0 Å². The molecule has 7 nitrogen and oxygen atoms in total. The van der Waals surface area contributed by atoms with E-state index in [1.807, 2.05) is 38.1 Å². The summed E-state index contributed by atoms with van der Waals surface area (Å²) in [4.78, 5) is 27.1. The number of carbonyl (C=O) groups is 1. The molecule has 35 heavy (non-hydrogen) atoms. The Morgan fingerprint density at radius 1 is 1.03 bits per heavy atom. The highest BCUT2D eigenvalue weighted by Crippen LogP contribution is 2.30. The van der Waals surface area contributed by atoms with Gasteiger partial charge in [0.25, 0.3) is 0 Å². The maximum atomic E-state index is 12.9. The van der Waals surface area contributed by atoms with E-state index in [9.17, 15) is 10.1 Å². The zero-order valence-electron chi connectivity index (χ0n) is 21.0. The Balaban J connectivity index is 1.63. The topological polar surface area (TPSA) is 82.3 Å². The Morgan fingerprint density at radius 2 is 1.69 bits per heavy atom. The predicted octanol–water partition coefficient (Wildman–Crippen LogP) is 4.77. The number of fused-ring (bicyclic) bond motifs is 1. The van der Waals surface area contributed by atoms with Crippen LogP contribution in [-0.2, 0) is 9.53 Å². The van der Waals surface area contributed by atoms with Gasteiger partial charge in [-0.3, -0.25) is 4.79 Å². The van der Waals surface area contributed by atoms with Crippen molar-refractivity contribution in [3.05, 3.63) is 59.3 Å². The fourth-order valence-electron chi connectivity index (χ4n) is 4.32. The minimum Gasteiger partial charge on any atom is -0.464 e. The maximum absolute atomic E-state index is 12.9. The van der Waals surface area contributed by atoms with E-state index in [0.717, 1.165) is 25.0 Å². The molecule has 2 unspecified atom stereocenters. The van der Waals surface area contributed by atoms with E-state index in [1.54, 1.807) is 0 Å². The average Bonchev–Trinajstić information content (AvgIpc) is 2.89. The molecule has 1 saturated heterocycles. The second kappa shape index (κ2) is 10.7. The number of hydrogen-bond donors (Lipinski definition) is 0. The smallest absolute Gasteiger partial charge is 0.329 e. The molecule has 2 atom stereocenters. The summed E-state index contributed by atoms with van der Waals surface area (Å²) in [6.07, 6.45) is 0.899. The molecule has 0 amide bonds. The second-order valence-electron chi connectivity index (χ2n) is 9.32. The fourth-order valence-corrected chi connectivity index (χ4v) is 4.32. The van der Waals surface area contributed by atoms with E-state index in [2.05, 4.69) is 47.9 Å². The van der Waals surface area contributed by atoms with E-state index >= 15 is 0 Å². The van der Waals surface area contributed by atoms with Gasteiger partial charge in [-0.2, -0.15) is 5.26 Å². The number of esters is 1. The largest absolute Gasteiger partial charge is 0.464 e. The zero-order valence-corrected chi connectivity index (χ0v) is 21.0. The third kappa shape index (κ3) is 5.22. The summed E-state index contributed by atoms with van der Waals surface area (Å²) in [6, 6.07) is 16.1. The number of hydrogen-bond acceptors (Lipinski definition) is 7. The molecule has 182 valence electrons. The van der Waals surface area contributed by atoms with Crippen molar-refractivity contribution in [3.63, 3.8) is 0 Å². The molecule has 3 aromatic rings. The van der Waals surface area contributed by atoms with E-state index in [0.29, 0.717) is 36.7 Å². The molecular formula is C28H33N5O2. The van der Waals surface area contributed by atoms with Gasteiger partial charge >= 0.3 is 5.97 Å². The highest BCUT2D eigenvalue weighted by molar-refractivity contribution is 5.85. The Bertz CT molecular complexity index is 1240. The number of ether oxygens (including phenoxy) is 1. The molecule has 1 aromatic heterocycles. The quantitative estimate of drug-likeness (QED) is 0.459. The van der Waals surface area contributed by atoms with Crippen molar-refractivity contribution in [1.82, 2.24) is 9.97 Å². The summed E-state index contributed by atoms with van der Waals surface area (Å²) in [5.74, 6) is -0.856. The summed E-state index contributed by atoms with van der Waals surface area (Å²) in [5.41, 5.74) is 5.60. The van der Waals surface area contributed by atoms with Gasteiger partial charge in [0.2, 0.25) is 0 Å². The van der Waals surface area contributed by atoms with Crippen molar-refractivity contribution in [3.8, 4) is 6.07 Å². The molecule has 2 heterocycles. The molecule has 0 spiro atoms. The van der Waals surface area contributed by atoms with Crippen LogP contribution >= 0.6 is 0 Å². The van der Waals surface area contributed by atoms with Crippen LogP contribution in [0.2, 0.25) is 0 Å². The highest BCUT2D eigenvalue weighted by atomic mass is 16.5. The molecule has 7 heteroatoms. The summed E-state index contributed by atoms with van der Waals surface area (Å²) >= 11 is 0. The minimum atomic E-state index is -1.12. The van der Waals surface area contributed by atoms with E-state index in [1.165, 1.54) is 16.8 Å². The minimum absolute atomic E-state index is 0.235. The van der Waals surface area contributed by atoms with Gasteiger partial charge in [0.1, 0.15) is 5.69 Å². The van der Waals surface area contributed by atoms with Crippen LogP contribution in [0.4, 0.5) is 11.5 Å². The first kappa shape index (κ1) is 24.5. The van der Waals surface area contributed by atoms with Crippen molar-refractivity contribution in [2.24, 2.45) is 5.92 Å². The molecule has 0 N–H and O–H groups in total. The summed E-state index contributed by atoms with van der Waals surface area (Å²) in [5, 5.41) is 9.97. The van der Waals surface area contributed by atoms with Crippen LogP contribution in [0.15, 0.2) is 42.5 Å². The molecule has 1 aliphatic rings. The van der Waals surface area contributed by atoms with E-state index < -0.39 is 11.9 Å². The maximum Gasteiger partial charge on any atom is 0.329 e. The van der Waals surface area contributed by atoms with E-state index in [4.69, 9.17) is 14.7 Å². The molecule has 0 radical (unpaired) electrons. The van der Waals surface area contributed by atoms with Crippen molar-refractivity contribution >= 4 is 28.5 Å². The molecule has 0 saturated carbocycles. The molecule has 1 fully saturated rings. The van der Waals surface area contributed by atoms with Crippen LogP contribution in [0.1, 0.15) is 43.0 Å². The van der Waals surface area contributed by atoms with Gasteiger partial charge < -0.3 is 14.5 Å². The number of rotatable bonds is 7.